The number of nitrogen functional groups attached to an aromatic ring is 1. The van der Waals surface area contributed by atoms with Crippen LogP contribution in [0.1, 0.15) is 38.5 Å². The lowest BCUT2D eigenvalue weighted by Gasteiger charge is -2.29. The number of piperidine rings is 2. The highest BCUT2D eigenvalue weighted by Gasteiger charge is 2.18. The van der Waals surface area contributed by atoms with Gasteiger partial charge in [-0.1, -0.05) is 0 Å². The van der Waals surface area contributed by atoms with Crippen molar-refractivity contribution in [1.29, 1.82) is 0 Å². The molecule has 0 aromatic carbocycles. The first kappa shape index (κ1) is 14.9. The molecule has 2 aliphatic heterocycles. The Morgan fingerprint density at radius 2 is 1.64 bits per heavy atom. The fraction of sp³-hybridized carbons (Fsp3) is 0.625. The summed E-state index contributed by atoms with van der Waals surface area (Å²) in [4.78, 5) is 20.7. The predicted molar refractivity (Wildman–Crippen MR) is 89.2 cm³/mol. The number of urea groups is 1. The second kappa shape index (κ2) is 6.85. The van der Waals surface area contributed by atoms with E-state index in [9.17, 15) is 4.79 Å². The van der Waals surface area contributed by atoms with Crippen molar-refractivity contribution in [1.82, 2.24) is 9.88 Å². The molecule has 0 radical (unpaired) electrons. The number of hydrogen-bond acceptors (Lipinski definition) is 4. The first-order valence-electron chi connectivity index (χ1n) is 8.31. The van der Waals surface area contributed by atoms with Gasteiger partial charge in [-0.25, -0.2) is 9.78 Å². The number of carbonyl (C=O) groups is 1. The fourth-order valence-corrected chi connectivity index (χ4v) is 3.22. The average Bonchev–Trinajstić information content (AvgIpc) is 2.56. The van der Waals surface area contributed by atoms with Gasteiger partial charge in [0.15, 0.2) is 0 Å². The molecule has 0 bridgehead atoms. The largest absolute Gasteiger partial charge is 0.384 e. The van der Waals surface area contributed by atoms with E-state index in [1.807, 2.05) is 17.0 Å². The van der Waals surface area contributed by atoms with Crippen LogP contribution in [0.4, 0.5) is 22.1 Å². The number of likely N-dealkylation sites (tertiary alicyclic amines) is 1. The van der Waals surface area contributed by atoms with Gasteiger partial charge >= 0.3 is 6.03 Å². The average molecular weight is 303 g/mol. The zero-order chi connectivity index (χ0) is 15.4. The molecule has 0 unspecified atom stereocenters. The van der Waals surface area contributed by atoms with Gasteiger partial charge in [-0.2, -0.15) is 0 Å². The van der Waals surface area contributed by atoms with Crippen LogP contribution in [0.3, 0.4) is 0 Å². The smallest absolute Gasteiger partial charge is 0.323 e. The maximum Gasteiger partial charge on any atom is 0.323 e. The molecular formula is C16H25N5O. The molecule has 6 heteroatoms. The number of carbonyl (C=O) groups excluding carboxylic acids is 1. The third kappa shape index (κ3) is 3.61. The zero-order valence-corrected chi connectivity index (χ0v) is 13.1. The normalized spacial score (nSPS) is 19.1. The third-order valence-corrected chi connectivity index (χ3v) is 4.43. The van der Waals surface area contributed by atoms with Gasteiger partial charge in [0.05, 0.1) is 0 Å². The Bertz CT molecular complexity index is 521. The number of aromatic nitrogens is 1. The molecule has 2 aliphatic rings. The molecule has 120 valence electrons. The van der Waals surface area contributed by atoms with Gasteiger partial charge in [-0.3, -0.25) is 5.32 Å². The number of nitrogens with zero attached hydrogens (tertiary/aromatic N) is 3. The standard InChI is InChI=1S/C16H25N5O/c17-14-11-13(20-7-3-1-4-8-20)12-15(18-14)19-16(22)21-9-5-2-6-10-21/h11-12H,1-10H2,(H3,17,18,19,22). The van der Waals surface area contributed by atoms with Crippen LogP contribution in [0.25, 0.3) is 0 Å². The second-order valence-electron chi connectivity index (χ2n) is 6.16. The number of anilines is 3. The summed E-state index contributed by atoms with van der Waals surface area (Å²) in [7, 11) is 0. The highest BCUT2D eigenvalue weighted by Crippen LogP contribution is 2.24. The monoisotopic (exact) mass is 303 g/mol. The van der Waals surface area contributed by atoms with E-state index in [0.717, 1.165) is 44.7 Å². The molecule has 3 heterocycles. The van der Waals surface area contributed by atoms with Crippen molar-refractivity contribution >= 4 is 23.4 Å². The van der Waals surface area contributed by atoms with Gasteiger partial charge in [0, 0.05) is 44.0 Å². The Balaban J connectivity index is 1.70. The summed E-state index contributed by atoms with van der Waals surface area (Å²) in [5.74, 6) is 1.01. The van der Waals surface area contributed by atoms with Crippen LogP contribution in [0.15, 0.2) is 12.1 Å². The lowest BCUT2D eigenvalue weighted by atomic mass is 10.1. The molecule has 2 saturated heterocycles. The summed E-state index contributed by atoms with van der Waals surface area (Å²) < 4.78 is 0. The minimum Gasteiger partial charge on any atom is -0.384 e. The van der Waals surface area contributed by atoms with Crippen molar-refractivity contribution in [2.45, 2.75) is 38.5 Å². The predicted octanol–water partition coefficient (Wildman–Crippen LogP) is 2.67. The van der Waals surface area contributed by atoms with Crippen molar-refractivity contribution in [3.8, 4) is 0 Å². The molecule has 2 amide bonds. The fourth-order valence-electron chi connectivity index (χ4n) is 3.22. The van der Waals surface area contributed by atoms with Crippen LogP contribution < -0.4 is 16.0 Å². The van der Waals surface area contributed by atoms with E-state index in [0.29, 0.717) is 11.6 Å². The maximum absolute atomic E-state index is 12.3. The van der Waals surface area contributed by atoms with Crippen LogP contribution in [0.2, 0.25) is 0 Å². The molecule has 0 saturated carbocycles. The Morgan fingerprint density at radius 1 is 1.00 bits per heavy atom. The molecule has 0 aliphatic carbocycles. The van der Waals surface area contributed by atoms with E-state index in [-0.39, 0.29) is 6.03 Å². The van der Waals surface area contributed by atoms with Gasteiger partial charge < -0.3 is 15.5 Å². The lowest BCUT2D eigenvalue weighted by molar-refractivity contribution is 0.200. The Hall–Kier alpha value is -1.98. The quantitative estimate of drug-likeness (QED) is 0.881. The highest BCUT2D eigenvalue weighted by molar-refractivity contribution is 5.89. The van der Waals surface area contributed by atoms with Gasteiger partial charge in [0.2, 0.25) is 0 Å². The topological polar surface area (TPSA) is 74.5 Å². The van der Waals surface area contributed by atoms with Crippen LogP contribution in [0.5, 0.6) is 0 Å². The van der Waals surface area contributed by atoms with E-state index in [1.165, 1.54) is 25.7 Å². The number of nitrogens with two attached hydrogens (primary N) is 1. The van der Waals surface area contributed by atoms with Crippen molar-refractivity contribution in [2.24, 2.45) is 0 Å². The molecule has 1 aromatic rings. The highest BCUT2D eigenvalue weighted by atomic mass is 16.2. The maximum atomic E-state index is 12.3. The minimum atomic E-state index is -0.0672. The summed E-state index contributed by atoms with van der Waals surface area (Å²) in [6, 6.07) is 3.76. The van der Waals surface area contributed by atoms with Crippen LogP contribution in [-0.4, -0.2) is 42.1 Å². The summed E-state index contributed by atoms with van der Waals surface area (Å²) in [6.07, 6.45) is 7.07. The molecule has 3 N–H and O–H groups in total. The second-order valence-corrected chi connectivity index (χ2v) is 6.16. The van der Waals surface area contributed by atoms with Gasteiger partial charge in [0.25, 0.3) is 0 Å². The van der Waals surface area contributed by atoms with E-state index in [4.69, 9.17) is 5.73 Å². The van der Waals surface area contributed by atoms with Crippen molar-refractivity contribution in [3.63, 3.8) is 0 Å². The molecule has 0 spiro atoms. The van der Waals surface area contributed by atoms with Crippen molar-refractivity contribution < 1.29 is 4.79 Å². The number of amides is 2. The van der Waals surface area contributed by atoms with Crippen LogP contribution >= 0.6 is 0 Å². The van der Waals surface area contributed by atoms with Crippen molar-refractivity contribution in [2.75, 3.05) is 42.1 Å². The number of hydrogen-bond donors (Lipinski definition) is 2. The molecule has 0 atom stereocenters. The Morgan fingerprint density at radius 3 is 2.32 bits per heavy atom. The molecule has 2 fully saturated rings. The summed E-state index contributed by atoms with van der Waals surface area (Å²) in [6.45, 7) is 3.74. The number of nitrogens with one attached hydrogen (secondary N) is 1. The van der Waals surface area contributed by atoms with E-state index in [2.05, 4.69) is 15.2 Å². The first-order chi connectivity index (χ1) is 10.7. The molecular weight excluding hydrogens is 278 g/mol. The molecule has 6 nitrogen and oxygen atoms in total. The molecule has 1 aromatic heterocycles. The van der Waals surface area contributed by atoms with Gasteiger partial charge in [0.1, 0.15) is 11.6 Å². The van der Waals surface area contributed by atoms with E-state index >= 15 is 0 Å². The van der Waals surface area contributed by atoms with E-state index in [1.54, 1.807) is 0 Å². The summed E-state index contributed by atoms with van der Waals surface area (Å²) in [5.41, 5.74) is 6.97. The zero-order valence-electron chi connectivity index (χ0n) is 13.1. The third-order valence-electron chi connectivity index (χ3n) is 4.43. The van der Waals surface area contributed by atoms with Gasteiger partial charge in [-0.05, 0) is 38.5 Å². The minimum absolute atomic E-state index is 0.0672. The van der Waals surface area contributed by atoms with Gasteiger partial charge in [-0.15, -0.1) is 0 Å². The number of pyridine rings is 1. The number of rotatable bonds is 2. The lowest BCUT2D eigenvalue weighted by Crippen LogP contribution is -2.39. The molecule has 22 heavy (non-hydrogen) atoms. The molecule has 3 rings (SSSR count). The Kier molecular flexibility index (Phi) is 4.65. The van der Waals surface area contributed by atoms with Crippen LogP contribution in [0, 0.1) is 0 Å². The Labute approximate surface area is 131 Å². The SMILES string of the molecule is Nc1cc(N2CCCCC2)cc(NC(=O)N2CCCCC2)n1. The summed E-state index contributed by atoms with van der Waals surface area (Å²) in [5, 5.41) is 2.90. The summed E-state index contributed by atoms with van der Waals surface area (Å²) >= 11 is 0. The van der Waals surface area contributed by atoms with Crippen molar-refractivity contribution in [3.05, 3.63) is 12.1 Å². The van der Waals surface area contributed by atoms with E-state index < -0.39 is 0 Å². The first-order valence-corrected chi connectivity index (χ1v) is 8.31. The van der Waals surface area contributed by atoms with Crippen LogP contribution in [-0.2, 0) is 0 Å².